The van der Waals surface area contributed by atoms with Crippen LogP contribution in [0.1, 0.15) is 21.9 Å². The van der Waals surface area contributed by atoms with Crippen molar-refractivity contribution in [1.29, 1.82) is 0 Å². The molecule has 3 aromatic rings. The maximum Gasteiger partial charge on any atom is 0.268 e. The summed E-state index contributed by atoms with van der Waals surface area (Å²) in [4.78, 5) is 30.8. The first-order valence-electron chi connectivity index (χ1n) is 5.69. The number of aromatic nitrogens is 2. The predicted octanol–water partition coefficient (Wildman–Crippen LogP) is 2.31. The Hall–Kier alpha value is -2.21. The molecule has 0 atom stereocenters. The largest absolute Gasteiger partial charge is 0.469 e. The lowest BCUT2D eigenvalue weighted by Crippen LogP contribution is -2.14. The zero-order valence-electron chi connectivity index (χ0n) is 10.1. The van der Waals surface area contributed by atoms with Gasteiger partial charge in [0.15, 0.2) is 5.78 Å². The third kappa shape index (κ3) is 2.10. The van der Waals surface area contributed by atoms with Crippen molar-refractivity contribution < 1.29 is 9.21 Å². The van der Waals surface area contributed by atoms with E-state index in [0.717, 1.165) is 0 Å². The van der Waals surface area contributed by atoms with Gasteiger partial charge in [0.25, 0.3) is 5.56 Å². The predicted molar refractivity (Wildman–Crippen MR) is 71.7 cm³/mol. The molecule has 6 heteroatoms. The van der Waals surface area contributed by atoms with Crippen LogP contribution in [0.5, 0.6) is 0 Å². The summed E-state index contributed by atoms with van der Waals surface area (Å²) < 4.78 is 5.67. The van der Waals surface area contributed by atoms with Gasteiger partial charge in [0.1, 0.15) is 16.3 Å². The molecule has 3 rings (SSSR count). The molecule has 0 saturated carbocycles. The van der Waals surface area contributed by atoms with E-state index >= 15 is 0 Å². The summed E-state index contributed by atoms with van der Waals surface area (Å²) in [6.07, 6.45) is 1.53. The van der Waals surface area contributed by atoms with Gasteiger partial charge in [0.05, 0.1) is 23.8 Å². The molecule has 0 aliphatic carbocycles. The average Bonchev–Trinajstić information content (AvgIpc) is 2.97. The number of nitrogens with one attached hydrogen (secondary N) is 1. The topological polar surface area (TPSA) is 76.0 Å². The molecule has 0 aromatic carbocycles. The molecule has 0 bridgehead atoms. The van der Waals surface area contributed by atoms with Crippen molar-refractivity contribution in [2.45, 2.75) is 13.3 Å². The second kappa shape index (κ2) is 4.47. The molecule has 96 valence electrons. The minimum absolute atomic E-state index is 0.0569. The Labute approximate surface area is 111 Å². The van der Waals surface area contributed by atoms with E-state index in [2.05, 4.69) is 9.97 Å². The maximum atomic E-state index is 12.1. The second-order valence-electron chi connectivity index (χ2n) is 4.14. The zero-order valence-corrected chi connectivity index (χ0v) is 10.9. The molecule has 3 heterocycles. The molecule has 0 radical (unpaired) electrons. The number of nitrogens with zero attached hydrogens (tertiary/aromatic N) is 1. The van der Waals surface area contributed by atoms with E-state index in [-0.39, 0.29) is 17.8 Å². The molecule has 0 unspecified atom stereocenters. The van der Waals surface area contributed by atoms with E-state index in [9.17, 15) is 9.59 Å². The van der Waals surface area contributed by atoms with E-state index in [4.69, 9.17) is 4.42 Å². The Kier molecular flexibility index (Phi) is 2.79. The van der Waals surface area contributed by atoms with E-state index in [0.29, 0.717) is 27.4 Å². The SMILES string of the molecule is Cc1occc1C(=O)Cc1nc2ccsc2c(=O)[nH]1. The normalized spacial score (nSPS) is 11.0. The highest BCUT2D eigenvalue weighted by atomic mass is 32.1. The summed E-state index contributed by atoms with van der Waals surface area (Å²) in [6, 6.07) is 3.39. The summed E-state index contributed by atoms with van der Waals surface area (Å²) in [6.45, 7) is 1.73. The number of carbonyl (C=O) groups excluding carboxylic acids is 1. The van der Waals surface area contributed by atoms with E-state index in [1.165, 1.54) is 17.6 Å². The summed E-state index contributed by atoms with van der Waals surface area (Å²) >= 11 is 1.34. The van der Waals surface area contributed by atoms with E-state index < -0.39 is 0 Å². The molecular weight excluding hydrogens is 264 g/mol. The summed E-state index contributed by atoms with van der Waals surface area (Å²) in [5, 5.41) is 1.80. The van der Waals surface area contributed by atoms with Gasteiger partial charge < -0.3 is 9.40 Å². The summed E-state index contributed by atoms with van der Waals surface area (Å²) in [5.41, 5.74) is 0.945. The molecule has 5 nitrogen and oxygen atoms in total. The van der Waals surface area contributed by atoms with Crippen LogP contribution in [0.15, 0.2) is 33.0 Å². The number of H-pyrrole nitrogens is 1. The van der Waals surface area contributed by atoms with Gasteiger partial charge in [-0.2, -0.15) is 0 Å². The Morgan fingerprint density at radius 1 is 1.47 bits per heavy atom. The number of thiophene rings is 1. The Bertz CT molecular complexity index is 813. The van der Waals surface area contributed by atoms with Crippen LogP contribution in [0.3, 0.4) is 0 Å². The van der Waals surface area contributed by atoms with Crippen LogP contribution in [-0.4, -0.2) is 15.8 Å². The highest BCUT2D eigenvalue weighted by molar-refractivity contribution is 7.17. The monoisotopic (exact) mass is 274 g/mol. The number of ketones is 1. The maximum absolute atomic E-state index is 12.1. The lowest BCUT2D eigenvalue weighted by atomic mass is 10.1. The number of aryl methyl sites for hydroxylation is 1. The van der Waals surface area contributed by atoms with Crippen molar-refractivity contribution in [3.05, 3.63) is 51.3 Å². The van der Waals surface area contributed by atoms with Crippen molar-refractivity contribution in [3.63, 3.8) is 0 Å². The van der Waals surface area contributed by atoms with Gasteiger partial charge in [-0.1, -0.05) is 0 Å². The number of hydrogen-bond donors (Lipinski definition) is 1. The van der Waals surface area contributed by atoms with Gasteiger partial charge in [0, 0.05) is 0 Å². The number of furan rings is 1. The molecule has 0 aliphatic rings. The van der Waals surface area contributed by atoms with Crippen LogP contribution >= 0.6 is 11.3 Å². The standard InChI is InChI=1S/C13H10N2O3S/c1-7-8(2-4-18-7)10(16)6-11-14-9-3-5-19-12(9)13(17)15-11/h2-5H,6H2,1H3,(H,14,15,17). The highest BCUT2D eigenvalue weighted by Gasteiger charge is 2.14. The number of fused-ring (bicyclic) bond motifs is 1. The van der Waals surface area contributed by atoms with Gasteiger partial charge >= 0.3 is 0 Å². The van der Waals surface area contributed by atoms with Crippen molar-refractivity contribution in [2.24, 2.45) is 0 Å². The lowest BCUT2D eigenvalue weighted by molar-refractivity contribution is 0.0989. The van der Waals surface area contributed by atoms with Gasteiger partial charge in [-0.25, -0.2) is 4.98 Å². The minimum Gasteiger partial charge on any atom is -0.469 e. The summed E-state index contributed by atoms with van der Waals surface area (Å²) in [5.74, 6) is 0.828. The first kappa shape index (κ1) is 11.9. The Morgan fingerprint density at radius 3 is 3.05 bits per heavy atom. The van der Waals surface area contributed by atoms with Crippen LogP contribution in [-0.2, 0) is 6.42 Å². The fraction of sp³-hybridized carbons (Fsp3) is 0.154. The first-order valence-corrected chi connectivity index (χ1v) is 6.57. The van der Waals surface area contributed by atoms with Gasteiger partial charge in [-0.05, 0) is 24.4 Å². The van der Waals surface area contributed by atoms with Gasteiger partial charge in [-0.3, -0.25) is 9.59 Å². The smallest absolute Gasteiger partial charge is 0.268 e. The van der Waals surface area contributed by atoms with E-state index in [1.54, 1.807) is 24.4 Å². The molecule has 0 spiro atoms. The number of rotatable bonds is 3. The Morgan fingerprint density at radius 2 is 2.32 bits per heavy atom. The molecule has 3 aromatic heterocycles. The number of aromatic amines is 1. The van der Waals surface area contributed by atoms with Crippen molar-refractivity contribution in [1.82, 2.24) is 9.97 Å². The second-order valence-corrected chi connectivity index (χ2v) is 5.05. The quantitative estimate of drug-likeness (QED) is 0.743. The third-order valence-corrected chi connectivity index (χ3v) is 3.75. The number of Topliss-reactive ketones (excluding diaryl/α,β-unsaturated/α-hetero) is 1. The molecular formula is C13H10N2O3S. The van der Waals surface area contributed by atoms with Crippen LogP contribution in [0.4, 0.5) is 0 Å². The first-order chi connectivity index (χ1) is 9.15. The molecule has 0 aliphatic heterocycles. The molecule has 19 heavy (non-hydrogen) atoms. The van der Waals surface area contributed by atoms with Crippen LogP contribution in [0.25, 0.3) is 10.2 Å². The molecule has 0 saturated heterocycles. The Balaban J connectivity index is 1.95. The fourth-order valence-corrected chi connectivity index (χ4v) is 2.65. The third-order valence-electron chi connectivity index (χ3n) is 2.85. The van der Waals surface area contributed by atoms with Crippen LogP contribution in [0, 0.1) is 6.92 Å². The van der Waals surface area contributed by atoms with Crippen LogP contribution < -0.4 is 5.56 Å². The summed E-state index contributed by atoms with van der Waals surface area (Å²) in [7, 11) is 0. The lowest BCUT2D eigenvalue weighted by Gasteiger charge is -2.00. The number of carbonyl (C=O) groups is 1. The van der Waals surface area contributed by atoms with Gasteiger partial charge in [-0.15, -0.1) is 11.3 Å². The molecule has 1 N–H and O–H groups in total. The van der Waals surface area contributed by atoms with Crippen LogP contribution in [0.2, 0.25) is 0 Å². The molecule has 0 amide bonds. The van der Waals surface area contributed by atoms with Crippen molar-refractivity contribution in [3.8, 4) is 0 Å². The van der Waals surface area contributed by atoms with Crippen molar-refractivity contribution >= 4 is 27.3 Å². The fourth-order valence-electron chi connectivity index (χ4n) is 1.93. The van der Waals surface area contributed by atoms with Gasteiger partial charge in [0.2, 0.25) is 0 Å². The average molecular weight is 274 g/mol. The highest BCUT2D eigenvalue weighted by Crippen LogP contribution is 2.15. The van der Waals surface area contributed by atoms with E-state index in [1.807, 2.05) is 0 Å². The number of hydrogen-bond acceptors (Lipinski definition) is 5. The van der Waals surface area contributed by atoms with Crippen molar-refractivity contribution in [2.75, 3.05) is 0 Å². The molecule has 0 fully saturated rings. The zero-order chi connectivity index (χ0) is 13.4. The minimum atomic E-state index is -0.202.